The van der Waals surface area contributed by atoms with Crippen LogP contribution in [0.1, 0.15) is 21.6 Å². The van der Waals surface area contributed by atoms with Crippen molar-refractivity contribution in [2.75, 3.05) is 38.2 Å². The number of nitrogens with two attached hydrogens (primary N) is 1. The first kappa shape index (κ1) is 26.3. The van der Waals surface area contributed by atoms with E-state index in [1.807, 2.05) is 55.1 Å². The fourth-order valence-corrected chi connectivity index (χ4v) is 5.73. The molecule has 1 aliphatic heterocycles. The molecule has 200 valence electrons. The van der Waals surface area contributed by atoms with E-state index < -0.39 is 0 Å². The third kappa shape index (κ3) is 5.76. The summed E-state index contributed by atoms with van der Waals surface area (Å²) in [5.41, 5.74) is 10.1. The lowest BCUT2D eigenvalue weighted by Gasteiger charge is -2.26. The van der Waals surface area contributed by atoms with Crippen LogP contribution < -0.4 is 15.8 Å². The van der Waals surface area contributed by atoms with Gasteiger partial charge in [0.15, 0.2) is 0 Å². The number of nitrogens with zero attached hydrogens (tertiary/aromatic N) is 4. The van der Waals surface area contributed by atoms with Gasteiger partial charge in [-0.15, -0.1) is 11.3 Å². The molecule has 5 rings (SSSR count). The van der Waals surface area contributed by atoms with Gasteiger partial charge in [-0.2, -0.15) is 0 Å². The second-order valence-electron chi connectivity index (χ2n) is 9.72. The molecule has 0 bridgehead atoms. The van der Waals surface area contributed by atoms with Crippen molar-refractivity contribution in [1.29, 1.82) is 5.41 Å². The van der Waals surface area contributed by atoms with E-state index in [1.54, 1.807) is 41.9 Å². The number of thiophene rings is 1. The maximum absolute atomic E-state index is 12.7. The molecule has 0 aliphatic carbocycles. The van der Waals surface area contributed by atoms with Crippen LogP contribution in [0, 0.1) is 12.3 Å². The van der Waals surface area contributed by atoms with Crippen LogP contribution >= 0.6 is 11.3 Å². The highest BCUT2D eigenvalue weighted by Crippen LogP contribution is 2.38. The van der Waals surface area contributed by atoms with E-state index >= 15 is 0 Å². The Morgan fingerprint density at radius 2 is 2.10 bits per heavy atom. The fraction of sp³-hybridized carbons (Fsp3) is 0.241. The van der Waals surface area contributed by atoms with Gasteiger partial charge in [0.05, 0.1) is 11.9 Å². The number of hydrogen-bond acceptors (Lipinski definition) is 9. The van der Waals surface area contributed by atoms with Gasteiger partial charge >= 0.3 is 0 Å². The average Bonchev–Trinajstić information content (AvgIpc) is 3.29. The summed E-state index contributed by atoms with van der Waals surface area (Å²) in [5.74, 6) is 2.13. The molecule has 3 heterocycles. The maximum Gasteiger partial charge on any atom is 0.246 e. The number of rotatable bonds is 8. The summed E-state index contributed by atoms with van der Waals surface area (Å²) >= 11 is 1.62. The molecule has 0 saturated heterocycles. The van der Waals surface area contributed by atoms with Gasteiger partial charge in [-0.3, -0.25) is 4.79 Å². The molecule has 0 radical (unpaired) electrons. The molecule has 0 fully saturated rings. The van der Waals surface area contributed by atoms with Crippen molar-refractivity contribution in [3.05, 3.63) is 76.4 Å². The molecule has 1 amide bonds. The Kier molecular flexibility index (Phi) is 7.58. The minimum atomic E-state index is 0.0372. The Morgan fingerprint density at radius 3 is 2.87 bits per heavy atom. The molecule has 2 aromatic carbocycles. The van der Waals surface area contributed by atoms with E-state index in [-0.39, 0.29) is 5.91 Å². The number of aryl methyl sites for hydroxylation is 1. The predicted molar refractivity (Wildman–Crippen MR) is 158 cm³/mol. The normalized spacial score (nSPS) is 13.2. The SMILES string of the molecule is Cc1cc(Nc2ncnc3sc4c(c23)CCN(C(=O)/C=C/CN(C)C)C4)ccc1Oc1ccc(N)c(C=N)c1. The Balaban J connectivity index is 1.34. The first-order valence-electron chi connectivity index (χ1n) is 12.6. The zero-order valence-electron chi connectivity index (χ0n) is 22.2. The van der Waals surface area contributed by atoms with Gasteiger partial charge in [0, 0.05) is 47.2 Å². The molecular weight excluding hydrogens is 510 g/mol. The average molecular weight is 542 g/mol. The first-order valence-corrected chi connectivity index (χ1v) is 13.4. The molecule has 4 N–H and O–H groups in total. The number of ether oxygens (including phenoxy) is 1. The number of amides is 1. The van der Waals surface area contributed by atoms with Crippen LogP contribution in [0.15, 0.2) is 54.9 Å². The van der Waals surface area contributed by atoms with Gasteiger partial charge in [0.25, 0.3) is 0 Å². The van der Waals surface area contributed by atoms with Crippen molar-refractivity contribution >= 4 is 50.9 Å². The second kappa shape index (κ2) is 11.2. The van der Waals surface area contributed by atoms with Crippen molar-refractivity contribution < 1.29 is 9.53 Å². The minimum Gasteiger partial charge on any atom is -0.457 e. The number of carbonyl (C=O) groups excluding carboxylic acids is 1. The van der Waals surface area contributed by atoms with E-state index in [4.69, 9.17) is 15.9 Å². The van der Waals surface area contributed by atoms with Gasteiger partial charge in [0.2, 0.25) is 5.91 Å². The molecule has 0 unspecified atom stereocenters. The van der Waals surface area contributed by atoms with Crippen molar-refractivity contribution in [2.45, 2.75) is 19.9 Å². The molecule has 39 heavy (non-hydrogen) atoms. The molecule has 0 saturated carbocycles. The van der Waals surface area contributed by atoms with Crippen molar-refractivity contribution in [3.63, 3.8) is 0 Å². The number of carbonyl (C=O) groups is 1. The Labute approximate surface area is 231 Å². The van der Waals surface area contributed by atoms with Gasteiger partial charge < -0.3 is 31.0 Å². The highest BCUT2D eigenvalue weighted by Gasteiger charge is 2.25. The largest absolute Gasteiger partial charge is 0.457 e. The highest BCUT2D eigenvalue weighted by atomic mass is 32.1. The molecule has 0 atom stereocenters. The lowest BCUT2D eigenvalue weighted by Crippen LogP contribution is -2.34. The molecule has 2 aromatic heterocycles. The summed E-state index contributed by atoms with van der Waals surface area (Å²) in [6.45, 7) is 3.96. The van der Waals surface area contributed by atoms with Crippen LogP contribution in [0.2, 0.25) is 0 Å². The summed E-state index contributed by atoms with van der Waals surface area (Å²) in [5, 5.41) is 12.0. The molecule has 10 heteroatoms. The second-order valence-corrected chi connectivity index (χ2v) is 10.8. The number of fused-ring (bicyclic) bond motifs is 3. The number of anilines is 3. The fourth-order valence-electron chi connectivity index (χ4n) is 4.53. The zero-order valence-corrected chi connectivity index (χ0v) is 23.0. The zero-order chi connectivity index (χ0) is 27.5. The summed E-state index contributed by atoms with van der Waals surface area (Å²) in [6.07, 6.45) is 7.12. The standard InChI is InChI=1S/C29H31N7O2S/c1-18-13-20(6-9-24(18)38-21-7-8-23(31)19(14-21)15-30)34-28-27-22-10-12-36(26(37)5-4-11-35(2)3)16-25(22)39-29(27)33-17-32-28/h4-9,13-15,17,30H,10-12,16,31H2,1-3H3,(H,32,33,34)/b5-4+,30-15?. The van der Waals surface area contributed by atoms with Crippen LogP contribution in [-0.4, -0.2) is 59.1 Å². The molecule has 0 spiro atoms. The number of nitrogen functional groups attached to an aromatic ring is 1. The molecular formula is C29H31N7O2S. The van der Waals surface area contributed by atoms with E-state index in [2.05, 4.69) is 15.3 Å². The summed E-state index contributed by atoms with van der Waals surface area (Å²) < 4.78 is 6.06. The van der Waals surface area contributed by atoms with Crippen molar-refractivity contribution in [3.8, 4) is 11.5 Å². The topological polar surface area (TPSA) is 120 Å². The van der Waals surface area contributed by atoms with E-state index in [0.717, 1.165) is 45.1 Å². The smallest absolute Gasteiger partial charge is 0.246 e. The van der Waals surface area contributed by atoms with E-state index in [1.165, 1.54) is 11.8 Å². The number of benzene rings is 2. The van der Waals surface area contributed by atoms with Crippen LogP contribution in [0.5, 0.6) is 11.5 Å². The molecule has 9 nitrogen and oxygen atoms in total. The Morgan fingerprint density at radius 1 is 1.26 bits per heavy atom. The maximum atomic E-state index is 12.7. The lowest BCUT2D eigenvalue weighted by atomic mass is 10.0. The summed E-state index contributed by atoms with van der Waals surface area (Å²) in [4.78, 5) is 27.8. The van der Waals surface area contributed by atoms with Gasteiger partial charge in [-0.1, -0.05) is 6.08 Å². The first-order chi connectivity index (χ1) is 18.8. The number of likely N-dealkylation sites (N-methyl/N-ethyl adjacent to an activating group) is 1. The van der Waals surface area contributed by atoms with Gasteiger partial charge in [-0.05, 0) is 75.0 Å². The minimum absolute atomic E-state index is 0.0372. The third-order valence-electron chi connectivity index (χ3n) is 6.56. The molecule has 4 aromatic rings. The van der Waals surface area contributed by atoms with Crippen LogP contribution in [0.25, 0.3) is 10.2 Å². The Bertz CT molecular complexity index is 1580. The van der Waals surface area contributed by atoms with Crippen LogP contribution in [0.4, 0.5) is 17.2 Å². The van der Waals surface area contributed by atoms with Crippen molar-refractivity contribution in [2.24, 2.45) is 0 Å². The van der Waals surface area contributed by atoms with E-state index in [9.17, 15) is 4.79 Å². The third-order valence-corrected chi connectivity index (χ3v) is 7.68. The van der Waals surface area contributed by atoms with E-state index in [0.29, 0.717) is 35.8 Å². The number of hydrogen-bond donors (Lipinski definition) is 3. The van der Waals surface area contributed by atoms with Crippen LogP contribution in [0.3, 0.4) is 0 Å². The summed E-state index contributed by atoms with van der Waals surface area (Å²) in [6, 6.07) is 11.1. The highest BCUT2D eigenvalue weighted by molar-refractivity contribution is 7.19. The quantitative estimate of drug-likeness (QED) is 0.161. The van der Waals surface area contributed by atoms with Crippen LogP contribution in [-0.2, 0) is 17.8 Å². The summed E-state index contributed by atoms with van der Waals surface area (Å²) in [7, 11) is 3.96. The monoisotopic (exact) mass is 541 g/mol. The van der Waals surface area contributed by atoms with Gasteiger partial charge in [-0.25, -0.2) is 9.97 Å². The Hall–Kier alpha value is -4.28. The lowest BCUT2D eigenvalue weighted by molar-refractivity contribution is -0.126. The number of aromatic nitrogens is 2. The number of nitrogens with one attached hydrogen (secondary N) is 2. The van der Waals surface area contributed by atoms with Gasteiger partial charge in [0.1, 0.15) is 28.5 Å². The predicted octanol–water partition coefficient (Wildman–Crippen LogP) is 5.12. The van der Waals surface area contributed by atoms with Crippen molar-refractivity contribution in [1.82, 2.24) is 19.8 Å². The molecule has 1 aliphatic rings.